The average Bonchev–Trinajstić information content (AvgIpc) is 3.31. The van der Waals surface area contributed by atoms with Crippen molar-refractivity contribution < 1.29 is 4.79 Å². The number of aromatic nitrogens is 1. The molecular weight excluding hydrogens is 473 g/mol. The number of amides is 1. The van der Waals surface area contributed by atoms with E-state index in [1.807, 2.05) is 42.5 Å². The quantitative estimate of drug-likeness (QED) is 0.291. The Hall–Kier alpha value is -2.70. The molecule has 1 amide bonds. The summed E-state index contributed by atoms with van der Waals surface area (Å²) in [7, 11) is 0. The number of hydrogen-bond donors (Lipinski definition) is 0. The Morgan fingerprint density at radius 2 is 1.65 bits per heavy atom. The molecule has 0 atom stereocenters. The van der Waals surface area contributed by atoms with Crippen molar-refractivity contribution in [3.63, 3.8) is 0 Å². The van der Waals surface area contributed by atoms with Gasteiger partial charge in [-0.3, -0.25) is 4.79 Å². The highest BCUT2D eigenvalue weighted by molar-refractivity contribution is 7.22. The molecule has 1 aliphatic heterocycles. The number of carbonyl (C=O) groups excluding carboxylic acids is 1. The van der Waals surface area contributed by atoms with Gasteiger partial charge in [0.05, 0.1) is 9.72 Å². The molecule has 152 valence electrons. The van der Waals surface area contributed by atoms with Gasteiger partial charge in [0.1, 0.15) is 17.0 Å². The van der Waals surface area contributed by atoms with Gasteiger partial charge in [-0.2, -0.15) is 0 Å². The summed E-state index contributed by atoms with van der Waals surface area (Å²) in [6.07, 6.45) is 1.73. The Labute approximate surface area is 197 Å². The zero-order valence-corrected chi connectivity index (χ0v) is 18.8. The fraction of sp³-hybridized carbons (Fsp3) is 0. The number of carbonyl (C=O) groups is 1. The third-order valence-electron chi connectivity index (χ3n) is 4.66. The van der Waals surface area contributed by atoms with Crippen LogP contribution < -0.4 is 4.90 Å². The van der Waals surface area contributed by atoms with Crippen LogP contribution in [0, 0.1) is 0 Å². The van der Waals surface area contributed by atoms with Gasteiger partial charge >= 0.3 is 0 Å². The van der Waals surface area contributed by atoms with Crippen molar-refractivity contribution in [2.24, 2.45) is 4.99 Å². The first-order chi connectivity index (χ1) is 15.0. The lowest BCUT2D eigenvalue weighted by molar-refractivity contribution is -0.113. The topological polar surface area (TPSA) is 45.6 Å². The maximum Gasteiger partial charge on any atom is 0.284 e. The normalized spacial score (nSPS) is 15.2. The summed E-state index contributed by atoms with van der Waals surface area (Å²) in [5.74, 6) is 0.238. The number of aliphatic imine (C=N–C) groups is 1. The largest absolute Gasteiger partial charge is 0.284 e. The second-order valence-electron chi connectivity index (χ2n) is 6.75. The maximum absolute atomic E-state index is 13.4. The summed E-state index contributed by atoms with van der Waals surface area (Å²) < 4.78 is 0.794. The molecule has 4 aromatic rings. The molecule has 0 saturated heterocycles. The number of anilines is 1. The SMILES string of the molecule is O=C1C(=Cc2ccc(Cl)cc2)N=C(c2ccccc2)N1c1nc2c(Cl)cc(Cl)cc2s1. The summed E-state index contributed by atoms with van der Waals surface area (Å²) in [4.78, 5) is 24.2. The Morgan fingerprint density at radius 3 is 2.39 bits per heavy atom. The van der Waals surface area contributed by atoms with Crippen LogP contribution in [-0.4, -0.2) is 16.7 Å². The molecule has 31 heavy (non-hydrogen) atoms. The molecule has 0 spiro atoms. The van der Waals surface area contributed by atoms with Gasteiger partial charge in [-0.15, -0.1) is 0 Å². The Bertz CT molecular complexity index is 1380. The van der Waals surface area contributed by atoms with E-state index in [2.05, 4.69) is 9.98 Å². The highest BCUT2D eigenvalue weighted by Crippen LogP contribution is 2.38. The van der Waals surface area contributed by atoms with Gasteiger partial charge in [-0.1, -0.05) is 88.6 Å². The second kappa shape index (κ2) is 8.09. The van der Waals surface area contributed by atoms with Crippen molar-refractivity contribution in [3.05, 3.63) is 98.6 Å². The number of thiazole rings is 1. The summed E-state index contributed by atoms with van der Waals surface area (Å²) in [5, 5.41) is 2.05. The minimum atomic E-state index is -0.268. The van der Waals surface area contributed by atoms with Crippen LogP contribution in [0.25, 0.3) is 16.3 Å². The lowest BCUT2D eigenvalue weighted by Gasteiger charge is -2.14. The molecular formula is C23H12Cl3N3OS. The van der Waals surface area contributed by atoms with Crippen LogP contribution in [0.2, 0.25) is 15.1 Å². The lowest BCUT2D eigenvalue weighted by Crippen LogP contribution is -2.32. The van der Waals surface area contributed by atoms with Crippen molar-refractivity contribution >= 4 is 79.3 Å². The summed E-state index contributed by atoms with van der Waals surface area (Å²) in [5.41, 5.74) is 2.54. The predicted octanol–water partition coefficient (Wildman–Crippen LogP) is 7.09. The standard InChI is InChI=1S/C23H12Cl3N3OS/c24-15-8-6-13(7-9-15)10-18-22(30)29(21(27-18)14-4-2-1-3-5-14)23-28-20-17(26)11-16(25)12-19(20)31-23/h1-12H. The van der Waals surface area contributed by atoms with Crippen LogP contribution in [0.3, 0.4) is 0 Å². The van der Waals surface area contributed by atoms with Gasteiger partial charge in [0, 0.05) is 15.6 Å². The number of halogens is 3. The van der Waals surface area contributed by atoms with Gasteiger partial charge in [-0.05, 0) is 35.9 Å². The first-order valence-electron chi connectivity index (χ1n) is 9.21. The zero-order valence-electron chi connectivity index (χ0n) is 15.7. The summed E-state index contributed by atoms with van der Waals surface area (Å²) in [6, 6.07) is 20.2. The van der Waals surface area contributed by atoms with Gasteiger partial charge in [0.25, 0.3) is 5.91 Å². The molecule has 5 rings (SSSR count). The third kappa shape index (κ3) is 3.86. The van der Waals surface area contributed by atoms with Crippen LogP contribution in [-0.2, 0) is 4.79 Å². The number of fused-ring (bicyclic) bond motifs is 1. The van der Waals surface area contributed by atoms with Gasteiger partial charge in [-0.25, -0.2) is 14.9 Å². The molecule has 8 heteroatoms. The average molecular weight is 485 g/mol. The van der Waals surface area contributed by atoms with E-state index in [9.17, 15) is 4.79 Å². The first-order valence-corrected chi connectivity index (χ1v) is 11.2. The van der Waals surface area contributed by atoms with Crippen molar-refractivity contribution in [3.8, 4) is 0 Å². The minimum absolute atomic E-state index is 0.268. The van der Waals surface area contributed by atoms with Crippen LogP contribution in [0.1, 0.15) is 11.1 Å². The number of amidine groups is 1. The number of hydrogen-bond acceptors (Lipinski definition) is 4. The molecule has 0 saturated carbocycles. The van der Waals surface area contributed by atoms with Crippen molar-refractivity contribution in [1.82, 2.24) is 4.98 Å². The molecule has 3 aromatic carbocycles. The Balaban J connectivity index is 1.65. The Morgan fingerprint density at radius 1 is 0.903 bits per heavy atom. The van der Waals surface area contributed by atoms with E-state index in [1.54, 1.807) is 30.3 Å². The molecule has 0 unspecified atom stereocenters. The van der Waals surface area contributed by atoms with Gasteiger partial charge < -0.3 is 0 Å². The fourth-order valence-electron chi connectivity index (χ4n) is 3.23. The van der Waals surface area contributed by atoms with Gasteiger partial charge in [0.15, 0.2) is 5.13 Å². The van der Waals surface area contributed by atoms with E-state index >= 15 is 0 Å². The molecule has 4 nitrogen and oxygen atoms in total. The molecule has 1 aromatic heterocycles. The van der Waals surface area contributed by atoms with E-state index in [-0.39, 0.29) is 5.91 Å². The summed E-state index contributed by atoms with van der Waals surface area (Å²) in [6.45, 7) is 0. The molecule has 1 aliphatic rings. The zero-order chi connectivity index (χ0) is 21.5. The van der Waals surface area contributed by atoms with Crippen molar-refractivity contribution in [1.29, 1.82) is 0 Å². The molecule has 0 N–H and O–H groups in total. The van der Waals surface area contributed by atoms with E-state index in [0.29, 0.717) is 37.2 Å². The third-order valence-corrected chi connectivity index (χ3v) is 6.40. The number of rotatable bonds is 3. The van der Waals surface area contributed by atoms with E-state index in [4.69, 9.17) is 34.8 Å². The lowest BCUT2D eigenvalue weighted by atomic mass is 10.2. The van der Waals surface area contributed by atoms with Crippen molar-refractivity contribution in [2.75, 3.05) is 4.90 Å². The highest BCUT2D eigenvalue weighted by Gasteiger charge is 2.34. The fourth-order valence-corrected chi connectivity index (χ4v) is 5.05. The van der Waals surface area contributed by atoms with E-state index < -0.39 is 0 Å². The van der Waals surface area contributed by atoms with Crippen LogP contribution in [0.4, 0.5) is 5.13 Å². The molecule has 0 bridgehead atoms. The highest BCUT2D eigenvalue weighted by atomic mass is 35.5. The van der Waals surface area contributed by atoms with Crippen LogP contribution in [0.5, 0.6) is 0 Å². The van der Waals surface area contributed by atoms with Crippen LogP contribution >= 0.6 is 46.1 Å². The monoisotopic (exact) mass is 483 g/mol. The number of benzene rings is 3. The molecule has 0 fully saturated rings. The molecule has 0 radical (unpaired) electrons. The maximum atomic E-state index is 13.4. The van der Waals surface area contributed by atoms with Gasteiger partial charge in [0.2, 0.25) is 0 Å². The molecule has 0 aliphatic carbocycles. The predicted molar refractivity (Wildman–Crippen MR) is 130 cm³/mol. The summed E-state index contributed by atoms with van der Waals surface area (Å²) >= 11 is 19.8. The smallest absolute Gasteiger partial charge is 0.266 e. The van der Waals surface area contributed by atoms with E-state index in [0.717, 1.165) is 15.8 Å². The van der Waals surface area contributed by atoms with E-state index in [1.165, 1.54) is 16.2 Å². The minimum Gasteiger partial charge on any atom is -0.266 e. The second-order valence-corrected chi connectivity index (χ2v) is 9.04. The molecule has 2 heterocycles. The Kier molecular flexibility index (Phi) is 5.28. The van der Waals surface area contributed by atoms with Crippen molar-refractivity contribution in [2.45, 2.75) is 0 Å². The van der Waals surface area contributed by atoms with Crippen LogP contribution in [0.15, 0.2) is 77.4 Å². The first kappa shape index (κ1) is 20.2. The number of nitrogens with zero attached hydrogens (tertiary/aromatic N) is 3.